The number of nitrogens with one attached hydrogen (secondary N) is 1. The van der Waals surface area contributed by atoms with Crippen LogP contribution in [-0.4, -0.2) is 15.5 Å². The van der Waals surface area contributed by atoms with Crippen molar-refractivity contribution >= 4 is 28.8 Å². The quantitative estimate of drug-likeness (QED) is 0.946. The van der Waals surface area contributed by atoms with Crippen LogP contribution >= 0.6 is 22.9 Å². The molecule has 2 aromatic rings. The van der Waals surface area contributed by atoms with Gasteiger partial charge in [0.1, 0.15) is 4.88 Å². The monoisotopic (exact) mass is 293 g/mol. The molecule has 0 unspecified atom stereocenters. The maximum Gasteiger partial charge on any atom is 0.265 e. The van der Waals surface area contributed by atoms with E-state index >= 15 is 0 Å². The summed E-state index contributed by atoms with van der Waals surface area (Å²) in [6, 6.07) is 2.25. The Hall–Kier alpha value is -1.27. The standard InChI is InChI=1S/C13H15N3OS2/c1-8-12(19-16-15-8)13(17)14-7-10-6-9-4-2-3-5-11(9)18-10/h6H,2-5,7H2,1H3,(H,14,17). The smallest absolute Gasteiger partial charge is 0.265 e. The van der Waals surface area contributed by atoms with Crippen molar-refractivity contribution in [3.8, 4) is 0 Å². The van der Waals surface area contributed by atoms with Crippen molar-refractivity contribution in [2.24, 2.45) is 0 Å². The van der Waals surface area contributed by atoms with Crippen molar-refractivity contribution in [3.05, 3.63) is 32.0 Å². The third-order valence-corrected chi connectivity index (χ3v) is 5.39. The van der Waals surface area contributed by atoms with E-state index in [9.17, 15) is 4.79 Å². The molecule has 0 atom stereocenters. The van der Waals surface area contributed by atoms with Gasteiger partial charge in [-0.3, -0.25) is 4.79 Å². The van der Waals surface area contributed by atoms with Gasteiger partial charge in [0.05, 0.1) is 12.2 Å². The lowest BCUT2D eigenvalue weighted by atomic mass is 9.99. The molecule has 3 rings (SSSR count). The summed E-state index contributed by atoms with van der Waals surface area (Å²) in [6.45, 7) is 2.41. The van der Waals surface area contributed by atoms with Gasteiger partial charge in [0.15, 0.2) is 0 Å². The molecule has 0 fully saturated rings. The highest BCUT2D eigenvalue weighted by Gasteiger charge is 2.15. The first-order valence-electron chi connectivity index (χ1n) is 6.41. The SMILES string of the molecule is Cc1nnsc1C(=O)NCc1cc2c(s1)CCCC2. The van der Waals surface area contributed by atoms with Gasteiger partial charge in [0.25, 0.3) is 5.91 Å². The summed E-state index contributed by atoms with van der Waals surface area (Å²) in [7, 11) is 0. The van der Waals surface area contributed by atoms with Gasteiger partial charge >= 0.3 is 0 Å². The number of fused-ring (bicyclic) bond motifs is 1. The number of amides is 1. The molecule has 0 aromatic carbocycles. The molecule has 0 radical (unpaired) electrons. The number of carbonyl (C=O) groups excluding carboxylic acids is 1. The van der Waals surface area contributed by atoms with Gasteiger partial charge in [-0.05, 0) is 55.8 Å². The van der Waals surface area contributed by atoms with E-state index in [1.165, 1.54) is 41.0 Å². The van der Waals surface area contributed by atoms with E-state index in [0.717, 1.165) is 11.5 Å². The molecule has 0 aliphatic heterocycles. The Morgan fingerprint density at radius 3 is 3.00 bits per heavy atom. The summed E-state index contributed by atoms with van der Waals surface area (Å²) in [4.78, 5) is 15.3. The van der Waals surface area contributed by atoms with Crippen LogP contribution in [0, 0.1) is 6.92 Å². The Balaban J connectivity index is 1.65. The molecular formula is C13H15N3OS2. The average Bonchev–Trinajstić information content (AvgIpc) is 3.01. The molecule has 19 heavy (non-hydrogen) atoms. The highest BCUT2D eigenvalue weighted by Crippen LogP contribution is 2.29. The molecule has 2 heterocycles. The molecule has 2 aromatic heterocycles. The highest BCUT2D eigenvalue weighted by molar-refractivity contribution is 7.12. The van der Waals surface area contributed by atoms with Crippen LogP contribution in [0.25, 0.3) is 0 Å². The maximum absolute atomic E-state index is 12.0. The Morgan fingerprint density at radius 2 is 2.26 bits per heavy atom. The van der Waals surface area contributed by atoms with Gasteiger partial charge in [-0.25, -0.2) is 0 Å². The first-order valence-corrected chi connectivity index (χ1v) is 8.00. The van der Waals surface area contributed by atoms with Crippen molar-refractivity contribution in [2.75, 3.05) is 0 Å². The molecular weight excluding hydrogens is 278 g/mol. The lowest BCUT2D eigenvalue weighted by Crippen LogP contribution is -2.22. The Morgan fingerprint density at radius 1 is 1.42 bits per heavy atom. The van der Waals surface area contributed by atoms with E-state index in [4.69, 9.17) is 0 Å². The molecule has 0 spiro atoms. The van der Waals surface area contributed by atoms with E-state index in [0.29, 0.717) is 17.1 Å². The number of thiophene rings is 1. The normalized spacial score (nSPS) is 14.2. The molecule has 1 aliphatic carbocycles. The van der Waals surface area contributed by atoms with Crippen molar-refractivity contribution < 1.29 is 4.79 Å². The number of rotatable bonds is 3. The van der Waals surface area contributed by atoms with Crippen molar-refractivity contribution in [1.29, 1.82) is 0 Å². The largest absolute Gasteiger partial charge is 0.346 e. The minimum Gasteiger partial charge on any atom is -0.346 e. The van der Waals surface area contributed by atoms with Crippen LogP contribution in [0.3, 0.4) is 0 Å². The van der Waals surface area contributed by atoms with Crippen molar-refractivity contribution in [2.45, 2.75) is 39.2 Å². The second-order valence-corrected chi connectivity index (χ2v) is 6.71. The second kappa shape index (κ2) is 5.38. The Bertz CT molecular complexity index is 579. The fraction of sp³-hybridized carbons (Fsp3) is 0.462. The average molecular weight is 293 g/mol. The molecule has 0 saturated carbocycles. The van der Waals surface area contributed by atoms with Gasteiger partial charge in [0, 0.05) is 9.75 Å². The van der Waals surface area contributed by atoms with Crippen LogP contribution in [0.2, 0.25) is 0 Å². The summed E-state index contributed by atoms with van der Waals surface area (Å²) in [5, 5.41) is 6.81. The van der Waals surface area contributed by atoms with E-state index in [1.807, 2.05) is 18.3 Å². The van der Waals surface area contributed by atoms with E-state index in [-0.39, 0.29) is 5.91 Å². The number of carbonyl (C=O) groups is 1. The van der Waals surface area contributed by atoms with Crippen LogP contribution in [0.4, 0.5) is 0 Å². The zero-order valence-electron chi connectivity index (χ0n) is 10.7. The number of nitrogens with zero attached hydrogens (tertiary/aromatic N) is 2. The molecule has 6 heteroatoms. The third-order valence-electron chi connectivity index (χ3n) is 3.33. The fourth-order valence-corrected chi connectivity index (χ4v) is 4.10. The van der Waals surface area contributed by atoms with Crippen LogP contribution in [0.5, 0.6) is 0 Å². The molecule has 0 saturated heterocycles. The van der Waals surface area contributed by atoms with E-state index < -0.39 is 0 Å². The van der Waals surface area contributed by atoms with Crippen LogP contribution in [-0.2, 0) is 19.4 Å². The van der Waals surface area contributed by atoms with Gasteiger partial charge in [-0.1, -0.05) is 4.49 Å². The molecule has 0 bridgehead atoms. The van der Waals surface area contributed by atoms with Crippen LogP contribution in [0.15, 0.2) is 6.07 Å². The summed E-state index contributed by atoms with van der Waals surface area (Å²) in [5.74, 6) is -0.0705. The van der Waals surface area contributed by atoms with Gasteiger partial charge in [0.2, 0.25) is 0 Å². The number of aryl methyl sites for hydroxylation is 3. The Labute approximate surface area is 120 Å². The van der Waals surface area contributed by atoms with Crippen molar-refractivity contribution in [1.82, 2.24) is 14.9 Å². The number of hydrogen-bond donors (Lipinski definition) is 1. The predicted molar refractivity (Wildman–Crippen MR) is 76.8 cm³/mol. The van der Waals surface area contributed by atoms with E-state index in [1.54, 1.807) is 0 Å². The van der Waals surface area contributed by atoms with Gasteiger partial charge in [-0.15, -0.1) is 16.4 Å². The zero-order valence-corrected chi connectivity index (χ0v) is 12.4. The molecule has 4 nitrogen and oxygen atoms in total. The summed E-state index contributed by atoms with van der Waals surface area (Å²) >= 11 is 2.99. The minimum atomic E-state index is -0.0705. The fourth-order valence-electron chi connectivity index (χ4n) is 2.33. The highest BCUT2D eigenvalue weighted by atomic mass is 32.1. The summed E-state index contributed by atoms with van der Waals surface area (Å²) in [6.07, 6.45) is 4.98. The molecule has 1 aliphatic rings. The minimum absolute atomic E-state index is 0.0705. The maximum atomic E-state index is 12.0. The Kier molecular flexibility index (Phi) is 3.61. The number of aromatic nitrogens is 2. The molecule has 100 valence electrons. The number of hydrogen-bond acceptors (Lipinski definition) is 5. The van der Waals surface area contributed by atoms with Gasteiger partial charge < -0.3 is 5.32 Å². The first-order chi connectivity index (χ1) is 9.24. The second-order valence-electron chi connectivity index (χ2n) is 4.74. The summed E-state index contributed by atoms with van der Waals surface area (Å²) < 4.78 is 3.78. The lowest BCUT2D eigenvalue weighted by molar-refractivity contribution is 0.0954. The third kappa shape index (κ3) is 2.69. The predicted octanol–water partition coefficient (Wildman–Crippen LogP) is 2.72. The first kappa shape index (κ1) is 12.7. The van der Waals surface area contributed by atoms with Gasteiger partial charge in [-0.2, -0.15) is 0 Å². The van der Waals surface area contributed by atoms with Crippen LogP contribution < -0.4 is 5.32 Å². The lowest BCUT2D eigenvalue weighted by Gasteiger charge is -2.08. The molecule has 1 N–H and O–H groups in total. The molecule has 1 amide bonds. The zero-order chi connectivity index (χ0) is 13.2. The summed E-state index contributed by atoms with van der Waals surface area (Å²) in [5.41, 5.74) is 2.18. The van der Waals surface area contributed by atoms with Crippen molar-refractivity contribution in [3.63, 3.8) is 0 Å². The van der Waals surface area contributed by atoms with Crippen LogP contribution in [0.1, 0.15) is 43.5 Å². The topological polar surface area (TPSA) is 54.9 Å². The van der Waals surface area contributed by atoms with E-state index in [2.05, 4.69) is 21.0 Å².